The standard InChI is InChI=1S/C13H16ClN3O2S2/c1-7-13(20-9(3)16-7)8(2)17-21(18,19)12-6-10(15)4-5-11(12)14/h4-6,8,17H,15H2,1-3H3. The summed E-state index contributed by atoms with van der Waals surface area (Å²) in [5.74, 6) is 0. The lowest BCUT2D eigenvalue weighted by atomic mass is 10.2. The Bertz CT molecular complexity index is 772. The summed E-state index contributed by atoms with van der Waals surface area (Å²) in [6.45, 7) is 5.52. The van der Waals surface area contributed by atoms with E-state index in [1.807, 2.05) is 13.8 Å². The van der Waals surface area contributed by atoms with Gasteiger partial charge in [-0.15, -0.1) is 11.3 Å². The molecule has 1 unspecified atom stereocenters. The molecule has 21 heavy (non-hydrogen) atoms. The van der Waals surface area contributed by atoms with Crippen molar-refractivity contribution in [3.63, 3.8) is 0 Å². The molecule has 1 atom stereocenters. The lowest BCUT2D eigenvalue weighted by Crippen LogP contribution is -2.27. The Hall–Kier alpha value is -1.15. The van der Waals surface area contributed by atoms with E-state index in [0.717, 1.165) is 15.6 Å². The number of anilines is 1. The third-order valence-electron chi connectivity index (χ3n) is 2.91. The lowest BCUT2D eigenvalue weighted by molar-refractivity contribution is 0.568. The van der Waals surface area contributed by atoms with E-state index in [2.05, 4.69) is 9.71 Å². The molecule has 0 saturated heterocycles. The molecule has 114 valence electrons. The van der Waals surface area contributed by atoms with Crippen LogP contribution in [-0.4, -0.2) is 13.4 Å². The molecular weight excluding hydrogens is 330 g/mol. The molecule has 1 heterocycles. The Morgan fingerprint density at radius 3 is 2.62 bits per heavy atom. The van der Waals surface area contributed by atoms with Crippen LogP contribution >= 0.6 is 22.9 Å². The van der Waals surface area contributed by atoms with Gasteiger partial charge in [0.2, 0.25) is 10.0 Å². The highest BCUT2D eigenvalue weighted by Crippen LogP contribution is 2.28. The highest BCUT2D eigenvalue weighted by atomic mass is 35.5. The summed E-state index contributed by atoms with van der Waals surface area (Å²) in [4.78, 5) is 5.17. The van der Waals surface area contributed by atoms with Crippen LogP contribution in [0.4, 0.5) is 5.69 Å². The highest BCUT2D eigenvalue weighted by Gasteiger charge is 2.23. The van der Waals surface area contributed by atoms with Crippen LogP contribution in [0.15, 0.2) is 23.1 Å². The van der Waals surface area contributed by atoms with Crippen molar-refractivity contribution in [3.8, 4) is 0 Å². The van der Waals surface area contributed by atoms with E-state index in [0.29, 0.717) is 5.69 Å². The van der Waals surface area contributed by atoms with Crippen LogP contribution in [0, 0.1) is 13.8 Å². The number of thiazole rings is 1. The Morgan fingerprint density at radius 2 is 2.05 bits per heavy atom. The minimum atomic E-state index is -3.75. The van der Waals surface area contributed by atoms with E-state index < -0.39 is 16.1 Å². The highest BCUT2D eigenvalue weighted by molar-refractivity contribution is 7.89. The molecule has 1 aromatic carbocycles. The second-order valence-electron chi connectivity index (χ2n) is 4.72. The van der Waals surface area contributed by atoms with Crippen molar-refractivity contribution in [1.29, 1.82) is 0 Å². The summed E-state index contributed by atoms with van der Waals surface area (Å²) in [7, 11) is -3.75. The first-order valence-corrected chi connectivity index (χ1v) is 8.90. The normalized spacial score (nSPS) is 13.3. The molecule has 1 aromatic heterocycles. The SMILES string of the molecule is Cc1nc(C)c(C(C)NS(=O)(=O)c2cc(N)ccc2Cl)s1. The number of aryl methyl sites for hydroxylation is 2. The Morgan fingerprint density at radius 1 is 1.38 bits per heavy atom. The maximum absolute atomic E-state index is 12.4. The summed E-state index contributed by atoms with van der Waals surface area (Å²) in [6, 6.07) is 3.99. The maximum atomic E-state index is 12.4. The zero-order valence-corrected chi connectivity index (χ0v) is 14.2. The number of nitrogens with zero attached hydrogens (tertiary/aromatic N) is 1. The van der Waals surface area contributed by atoms with Crippen molar-refractivity contribution in [1.82, 2.24) is 9.71 Å². The number of nitrogens with two attached hydrogens (primary N) is 1. The fraction of sp³-hybridized carbons (Fsp3) is 0.308. The van der Waals surface area contributed by atoms with Gasteiger partial charge in [0.05, 0.1) is 21.8 Å². The van der Waals surface area contributed by atoms with E-state index in [1.54, 1.807) is 13.0 Å². The van der Waals surface area contributed by atoms with Gasteiger partial charge < -0.3 is 5.73 Å². The van der Waals surface area contributed by atoms with E-state index in [9.17, 15) is 8.42 Å². The molecule has 2 rings (SSSR count). The summed E-state index contributed by atoms with van der Waals surface area (Å²) in [5.41, 5.74) is 6.80. The minimum absolute atomic E-state index is 0.0186. The number of halogens is 1. The predicted octanol–water partition coefficient (Wildman–Crippen LogP) is 3.04. The van der Waals surface area contributed by atoms with E-state index in [4.69, 9.17) is 17.3 Å². The number of sulfonamides is 1. The molecule has 8 heteroatoms. The number of hydrogen-bond donors (Lipinski definition) is 2. The van der Waals surface area contributed by atoms with Gasteiger partial charge in [-0.3, -0.25) is 0 Å². The summed E-state index contributed by atoms with van der Waals surface area (Å²) in [6.07, 6.45) is 0. The van der Waals surface area contributed by atoms with Crippen molar-refractivity contribution >= 4 is 38.6 Å². The number of aromatic nitrogens is 1. The van der Waals surface area contributed by atoms with Gasteiger partial charge in [0.15, 0.2) is 0 Å². The molecule has 0 spiro atoms. The van der Waals surface area contributed by atoms with Gasteiger partial charge in [0, 0.05) is 10.6 Å². The first-order valence-electron chi connectivity index (χ1n) is 6.22. The van der Waals surface area contributed by atoms with Crippen molar-refractivity contribution < 1.29 is 8.42 Å². The van der Waals surface area contributed by atoms with Crippen LogP contribution in [0.3, 0.4) is 0 Å². The largest absolute Gasteiger partial charge is 0.399 e. The Labute approximate surface area is 133 Å². The fourth-order valence-electron chi connectivity index (χ4n) is 2.02. The monoisotopic (exact) mass is 345 g/mol. The third-order valence-corrected chi connectivity index (χ3v) is 6.19. The predicted molar refractivity (Wildman–Crippen MR) is 86.2 cm³/mol. The quantitative estimate of drug-likeness (QED) is 0.834. The zero-order valence-electron chi connectivity index (χ0n) is 11.8. The van der Waals surface area contributed by atoms with Gasteiger partial charge in [-0.05, 0) is 39.0 Å². The van der Waals surface area contributed by atoms with Crippen LogP contribution in [0.25, 0.3) is 0 Å². The third kappa shape index (κ3) is 3.55. The molecule has 0 aliphatic rings. The molecule has 3 N–H and O–H groups in total. The van der Waals surface area contributed by atoms with Crippen LogP contribution < -0.4 is 10.5 Å². The molecule has 0 radical (unpaired) electrons. The number of nitrogens with one attached hydrogen (secondary N) is 1. The summed E-state index contributed by atoms with van der Waals surface area (Å²) in [5, 5.41) is 1.04. The van der Waals surface area contributed by atoms with Gasteiger partial charge in [0.1, 0.15) is 4.90 Å². The van der Waals surface area contributed by atoms with Crippen LogP contribution in [0.2, 0.25) is 5.02 Å². The smallest absolute Gasteiger partial charge is 0.242 e. The molecule has 0 aliphatic heterocycles. The second kappa shape index (κ2) is 5.92. The van der Waals surface area contributed by atoms with Gasteiger partial charge in [-0.25, -0.2) is 18.1 Å². The van der Waals surface area contributed by atoms with Gasteiger partial charge in [-0.1, -0.05) is 11.6 Å². The van der Waals surface area contributed by atoms with Gasteiger partial charge >= 0.3 is 0 Å². The van der Waals surface area contributed by atoms with E-state index >= 15 is 0 Å². The average Bonchev–Trinajstić information content (AvgIpc) is 2.71. The molecule has 0 amide bonds. The molecule has 0 bridgehead atoms. The first-order chi connectivity index (χ1) is 9.70. The number of benzene rings is 1. The van der Waals surface area contributed by atoms with Crippen LogP contribution in [0.5, 0.6) is 0 Å². The van der Waals surface area contributed by atoms with Crippen molar-refractivity contribution in [2.45, 2.75) is 31.7 Å². The number of rotatable bonds is 4. The number of nitrogen functional groups attached to an aromatic ring is 1. The fourth-order valence-corrected chi connectivity index (χ4v) is 4.78. The Kier molecular flexibility index (Phi) is 4.57. The topological polar surface area (TPSA) is 85.1 Å². The van der Waals surface area contributed by atoms with Crippen molar-refractivity contribution in [2.24, 2.45) is 0 Å². The summed E-state index contributed by atoms with van der Waals surface area (Å²) < 4.78 is 27.5. The first kappa shape index (κ1) is 16.2. The second-order valence-corrected chi connectivity index (χ2v) is 8.04. The van der Waals surface area contributed by atoms with Gasteiger partial charge in [0.25, 0.3) is 0 Å². The van der Waals surface area contributed by atoms with E-state index in [-0.39, 0.29) is 9.92 Å². The van der Waals surface area contributed by atoms with Crippen LogP contribution in [0.1, 0.15) is 28.5 Å². The van der Waals surface area contributed by atoms with Crippen molar-refractivity contribution in [3.05, 3.63) is 38.8 Å². The molecule has 5 nitrogen and oxygen atoms in total. The maximum Gasteiger partial charge on any atom is 0.242 e. The van der Waals surface area contributed by atoms with Gasteiger partial charge in [-0.2, -0.15) is 0 Å². The van der Waals surface area contributed by atoms with Crippen molar-refractivity contribution in [2.75, 3.05) is 5.73 Å². The molecular formula is C13H16ClN3O2S2. The number of hydrogen-bond acceptors (Lipinski definition) is 5. The lowest BCUT2D eigenvalue weighted by Gasteiger charge is -2.14. The summed E-state index contributed by atoms with van der Waals surface area (Å²) >= 11 is 7.43. The molecule has 2 aromatic rings. The molecule has 0 saturated carbocycles. The molecule has 0 aliphatic carbocycles. The zero-order chi connectivity index (χ0) is 15.8. The minimum Gasteiger partial charge on any atom is -0.399 e. The molecule has 0 fully saturated rings. The van der Waals surface area contributed by atoms with E-state index in [1.165, 1.54) is 23.5 Å². The average molecular weight is 346 g/mol. The van der Waals surface area contributed by atoms with Crippen LogP contribution in [-0.2, 0) is 10.0 Å². The Balaban J connectivity index is 2.33.